The fraction of sp³-hybridized carbons (Fsp3) is 0.615. The number of piperidine rings is 1. The highest BCUT2D eigenvalue weighted by Gasteiger charge is 2.49. The molecule has 4 fully saturated rings. The predicted octanol–water partition coefficient (Wildman–Crippen LogP) is 4.03. The summed E-state index contributed by atoms with van der Waals surface area (Å²) >= 11 is 0. The number of hydrogen-bond donors (Lipinski definition) is 1. The monoisotopic (exact) mass is 495 g/mol. The minimum Gasteiger partial charge on any atom is -0.346 e. The Balaban J connectivity index is 0.973. The van der Waals surface area contributed by atoms with Crippen molar-refractivity contribution >= 4 is 16.9 Å². The first-order valence-corrected chi connectivity index (χ1v) is 13.2. The summed E-state index contributed by atoms with van der Waals surface area (Å²) in [4.78, 5) is 29.8. The Morgan fingerprint density at radius 3 is 2.50 bits per heavy atom. The van der Waals surface area contributed by atoms with Crippen molar-refractivity contribution in [1.82, 2.24) is 34.5 Å². The zero-order valence-electron chi connectivity index (χ0n) is 20.2. The molecule has 7 rings (SSSR count). The highest BCUT2D eigenvalue weighted by atomic mass is 19.3. The third-order valence-electron chi connectivity index (χ3n) is 9.04. The van der Waals surface area contributed by atoms with Gasteiger partial charge >= 0.3 is 0 Å². The van der Waals surface area contributed by atoms with Crippen LogP contribution in [0.4, 0.5) is 8.78 Å². The van der Waals surface area contributed by atoms with Crippen molar-refractivity contribution in [1.29, 1.82) is 0 Å². The van der Waals surface area contributed by atoms with Gasteiger partial charge in [-0.3, -0.25) is 14.4 Å². The van der Waals surface area contributed by atoms with Gasteiger partial charge in [0.25, 0.3) is 0 Å². The van der Waals surface area contributed by atoms with Gasteiger partial charge in [0.15, 0.2) is 0 Å². The van der Waals surface area contributed by atoms with E-state index in [1.165, 1.54) is 0 Å². The fourth-order valence-electron chi connectivity index (χ4n) is 7.02. The van der Waals surface area contributed by atoms with Crippen LogP contribution >= 0.6 is 0 Å². The molecule has 2 unspecified atom stereocenters. The number of hydrogen-bond acceptors (Lipinski definition) is 5. The summed E-state index contributed by atoms with van der Waals surface area (Å²) in [5.74, 6) is -2.66. The molecule has 4 aliphatic rings. The lowest BCUT2D eigenvalue weighted by atomic mass is 9.84. The van der Waals surface area contributed by atoms with Crippen LogP contribution in [0, 0.1) is 5.92 Å². The quantitative estimate of drug-likeness (QED) is 0.591. The molecule has 3 saturated heterocycles. The number of carbonyl (C=O) groups excluding carboxylic acids is 1. The number of likely N-dealkylation sites (tertiary alicyclic amines) is 1. The molecule has 36 heavy (non-hydrogen) atoms. The van der Waals surface area contributed by atoms with Crippen LogP contribution in [0.3, 0.4) is 0 Å². The van der Waals surface area contributed by atoms with Crippen LogP contribution in [0.1, 0.15) is 57.4 Å². The molecule has 0 radical (unpaired) electrons. The van der Waals surface area contributed by atoms with E-state index >= 15 is 0 Å². The Bertz CT molecular complexity index is 1260. The van der Waals surface area contributed by atoms with Gasteiger partial charge in [-0.2, -0.15) is 5.10 Å². The molecule has 10 heteroatoms. The normalized spacial score (nSPS) is 29.1. The highest BCUT2D eigenvalue weighted by Crippen LogP contribution is 2.43. The molecule has 1 amide bonds. The summed E-state index contributed by atoms with van der Waals surface area (Å²) < 4.78 is 29.2. The average molecular weight is 496 g/mol. The van der Waals surface area contributed by atoms with E-state index in [1.807, 2.05) is 18.5 Å². The van der Waals surface area contributed by atoms with Gasteiger partial charge in [-0.1, -0.05) is 0 Å². The van der Waals surface area contributed by atoms with Crippen LogP contribution in [0.2, 0.25) is 0 Å². The lowest BCUT2D eigenvalue weighted by Gasteiger charge is -2.50. The first-order valence-electron chi connectivity index (χ1n) is 13.2. The number of H-pyrrole nitrogens is 1. The maximum Gasteiger partial charge on any atom is 0.248 e. The molecule has 2 bridgehead atoms. The molecule has 190 valence electrons. The third-order valence-corrected chi connectivity index (χ3v) is 9.04. The minimum absolute atomic E-state index is 0.142. The van der Waals surface area contributed by atoms with E-state index in [0.29, 0.717) is 24.9 Å². The number of alkyl halides is 2. The van der Waals surface area contributed by atoms with Crippen molar-refractivity contribution < 1.29 is 13.6 Å². The van der Waals surface area contributed by atoms with Crippen molar-refractivity contribution in [2.45, 2.75) is 81.5 Å². The number of aromatic amines is 1. The van der Waals surface area contributed by atoms with Crippen LogP contribution in [-0.4, -0.2) is 77.6 Å². The van der Waals surface area contributed by atoms with Gasteiger partial charge in [0, 0.05) is 73.3 Å². The molecule has 6 heterocycles. The summed E-state index contributed by atoms with van der Waals surface area (Å²) in [5, 5.41) is 5.63. The van der Waals surface area contributed by atoms with E-state index in [-0.39, 0.29) is 36.8 Å². The molecular formula is C26H31F2N7O. The van der Waals surface area contributed by atoms with Gasteiger partial charge < -0.3 is 9.88 Å². The molecule has 3 aliphatic heterocycles. The third kappa shape index (κ3) is 3.72. The Morgan fingerprint density at radius 2 is 1.75 bits per heavy atom. The highest BCUT2D eigenvalue weighted by molar-refractivity contribution is 5.90. The Hall–Kier alpha value is -2.88. The molecule has 2 atom stereocenters. The number of fused-ring (bicyclic) bond motifs is 3. The molecule has 0 aromatic carbocycles. The minimum atomic E-state index is -2.59. The maximum absolute atomic E-state index is 13.6. The average Bonchev–Trinajstić information content (AvgIpc) is 3.56. The predicted molar refractivity (Wildman–Crippen MR) is 129 cm³/mol. The fourth-order valence-corrected chi connectivity index (χ4v) is 7.02. The SMILES string of the molecule is O=C(C1CCC(F)(F)CC1)N1C2CCC1CC(N1CC(n3cc(-c4ncnc5[nH]ccc45)cn3)C1)C2. The molecule has 8 nitrogen and oxygen atoms in total. The number of aromatic nitrogens is 5. The van der Waals surface area contributed by atoms with Gasteiger partial charge in [-0.15, -0.1) is 0 Å². The number of halogens is 2. The van der Waals surface area contributed by atoms with E-state index in [4.69, 9.17) is 0 Å². The second kappa shape index (κ2) is 8.33. The number of nitrogens with one attached hydrogen (secondary N) is 1. The summed E-state index contributed by atoms with van der Waals surface area (Å²) in [5.41, 5.74) is 2.70. The van der Waals surface area contributed by atoms with Crippen molar-refractivity contribution in [3.63, 3.8) is 0 Å². The summed E-state index contributed by atoms with van der Waals surface area (Å²) in [7, 11) is 0. The number of nitrogens with zero attached hydrogens (tertiary/aromatic N) is 6. The van der Waals surface area contributed by atoms with Gasteiger partial charge in [-0.05, 0) is 44.6 Å². The van der Waals surface area contributed by atoms with Crippen LogP contribution < -0.4 is 0 Å². The number of amides is 1. The van der Waals surface area contributed by atoms with Crippen molar-refractivity contribution in [3.8, 4) is 11.3 Å². The van der Waals surface area contributed by atoms with Crippen LogP contribution in [0.15, 0.2) is 31.0 Å². The summed E-state index contributed by atoms with van der Waals surface area (Å²) in [6, 6.07) is 3.33. The Labute approximate surface area is 208 Å². The standard InChI is InChI=1S/C26H31F2N7O/c27-26(28)6-3-16(4-7-26)25(36)35-18-1-2-19(35)10-20(9-18)33-13-21(14-33)34-12-17(11-32-34)23-22-5-8-29-24(22)31-15-30-23/h5,8,11-12,15-16,18-21H,1-4,6-7,9-10,13-14H2,(H,29,30,31). The second-order valence-electron chi connectivity index (χ2n) is 11.2. The molecule has 0 spiro atoms. The zero-order valence-corrected chi connectivity index (χ0v) is 20.2. The van der Waals surface area contributed by atoms with Gasteiger partial charge in [0.1, 0.15) is 12.0 Å². The first kappa shape index (κ1) is 22.3. The van der Waals surface area contributed by atoms with Crippen molar-refractivity contribution in [2.75, 3.05) is 13.1 Å². The van der Waals surface area contributed by atoms with Crippen LogP contribution in [0.25, 0.3) is 22.3 Å². The topological polar surface area (TPSA) is 82.9 Å². The largest absolute Gasteiger partial charge is 0.346 e. The lowest BCUT2D eigenvalue weighted by molar-refractivity contribution is -0.145. The second-order valence-corrected chi connectivity index (χ2v) is 11.2. The molecule has 1 saturated carbocycles. The molecule has 1 aliphatic carbocycles. The number of carbonyl (C=O) groups is 1. The Morgan fingerprint density at radius 1 is 1.00 bits per heavy atom. The van der Waals surface area contributed by atoms with Crippen molar-refractivity contribution in [3.05, 3.63) is 31.0 Å². The molecule has 3 aromatic rings. The molecule has 3 aromatic heterocycles. The maximum atomic E-state index is 13.6. The Kier molecular flexibility index (Phi) is 5.16. The van der Waals surface area contributed by atoms with E-state index in [2.05, 4.69) is 40.7 Å². The molecule has 1 N–H and O–H groups in total. The van der Waals surface area contributed by atoms with Crippen LogP contribution in [-0.2, 0) is 4.79 Å². The molecular weight excluding hydrogens is 464 g/mol. The van der Waals surface area contributed by atoms with Gasteiger partial charge in [0.2, 0.25) is 11.8 Å². The lowest BCUT2D eigenvalue weighted by Crippen LogP contribution is -2.59. The summed E-state index contributed by atoms with van der Waals surface area (Å²) in [6.07, 6.45) is 11.8. The van der Waals surface area contributed by atoms with E-state index < -0.39 is 5.92 Å². The van der Waals surface area contributed by atoms with Gasteiger partial charge in [-0.25, -0.2) is 18.7 Å². The van der Waals surface area contributed by atoms with E-state index in [9.17, 15) is 13.6 Å². The van der Waals surface area contributed by atoms with Gasteiger partial charge in [0.05, 0.1) is 17.9 Å². The summed E-state index contributed by atoms with van der Waals surface area (Å²) in [6.45, 7) is 1.92. The first-order chi connectivity index (χ1) is 17.4. The smallest absolute Gasteiger partial charge is 0.248 e. The van der Waals surface area contributed by atoms with Crippen molar-refractivity contribution in [2.24, 2.45) is 5.92 Å². The van der Waals surface area contributed by atoms with E-state index in [0.717, 1.165) is 61.1 Å². The number of rotatable bonds is 4. The zero-order chi connectivity index (χ0) is 24.4. The van der Waals surface area contributed by atoms with E-state index in [1.54, 1.807) is 6.33 Å². The van der Waals surface area contributed by atoms with Crippen LogP contribution in [0.5, 0.6) is 0 Å².